The highest BCUT2D eigenvalue weighted by Crippen LogP contribution is 2.15. The van der Waals surface area contributed by atoms with Gasteiger partial charge in [-0.05, 0) is 18.6 Å². The summed E-state index contributed by atoms with van der Waals surface area (Å²) in [6, 6.07) is 3.65. The molecule has 0 fully saturated rings. The number of ether oxygens (including phenoxy) is 1. The topological polar surface area (TPSA) is 31.2 Å². The lowest BCUT2D eigenvalue weighted by Gasteiger charge is -2.15. The first kappa shape index (κ1) is 9.84. The van der Waals surface area contributed by atoms with E-state index in [9.17, 15) is 4.79 Å². The second-order valence-electron chi connectivity index (χ2n) is 2.96. The van der Waals surface area contributed by atoms with Crippen molar-refractivity contribution >= 4 is 5.97 Å². The van der Waals surface area contributed by atoms with Gasteiger partial charge in [0.15, 0.2) is 0 Å². The number of nitrogens with zero attached hydrogens (tertiary/aromatic N) is 1. The summed E-state index contributed by atoms with van der Waals surface area (Å²) >= 11 is 0. The van der Waals surface area contributed by atoms with Crippen molar-refractivity contribution in [1.82, 2.24) is 4.57 Å². The largest absolute Gasteiger partial charge is 0.467 e. The zero-order valence-corrected chi connectivity index (χ0v) is 8.06. The number of rotatable bonds is 4. The Balaban J connectivity index is 2.74. The van der Waals surface area contributed by atoms with Crippen molar-refractivity contribution in [1.29, 1.82) is 0 Å². The lowest BCUT2D eigenvalue weighted by Crippen LogP contribution is -2.19. The minimum absolute atomic E-state index is 0.162. The van der Waals surface area contributed by atoms with Crippen LogP contribution in [0.2, 0.25) is 0 Å². The maximum absolute atomic E-state index is 11.4. The first-order valence-electron chi connectivity index (χ1n) is 4.50. The summed E-state index contributed by atoms with van der Waals surface area (Å²) < 4.78 is 6.61. The van der Waals surface area contributed by atoms with Crippen molar-refractivity contribution in [2.45, 2.75) is 25.8 Å². The molecule has 3 heteroatoms. The van der Waals surface area contributed by atoms with Crippen molar-refractivity contribution < 1.29 is 9.53 Å². The molecular formula is C10H15NO2. The predicted molar refractivity (Wildman–Crippen MR) is 50.4 cm³/mol. The standard InChI is InChI=1S/C10H15NO2/c1-3-6-9(10(12)13-2)11-7-4-5-8-11/h4-5,7-9H,3,6H2,1-2H3. The third-order valence-corrected chi connectivity index (χ3v) is 2.02. The van der Waals surface area contributed by atoms with Crippen molar-refractivity contribution in [2.24, 2.45) is 0 Å². The molecule has 0 aliphatic rings. The normalized spacial score (nSPS) is 12.5. The first-order valence-corrected chi connectivity index (χ1v) is 4.50. The van der Waals surface area contributed by atoms with Gasteiger partial charge in [0.25, 0.3) is 0 Å². The molecule has 0 N–H and O–H groups in total. The smallest absolute Gasteiger partial charge is 0.328 e. The Morgan fingerprint density at radius 1 is 1.46 bits per heavy atom. The Morgan fingerprint density at radius 3 is 2.54 bits per heavy atom. The van der Waals surface area contributed by atoms with Gasteiger partial charge in [-0.1, -0.05) is 13.3 Å². The highest BCUT2D eigenvalue weighted by molar-refractivity contribution is 5.74. The lowest BCUT2D eigenvalue weighted by molar-refractivity contribution is -0.144. The molecule has 13 heavy (non-hydrogen) atoms. The number of carbonyl (C=O) groups excluding carboxylic acids is 1. The van der Waals surface area contributed by atoms with Gasteiger partial charge in [0.2, 0.25) is 0 Å². The Morgan fingerprint density at radius 2 is 2.08 bits per heavy atom. The van der Waals surface area contributed by atoms with Gasteiger partial charge in [0.1, 0.15) is 6.04 Å². The van der Waals surface area contributed by atoms with Crippen molar-refractivity contribution in [2.75, 3.05) is 7.11 Å². The molecule has 1 atom stereocenters. The summed E-state index contributed by atoms with van der Waals surface area (Å²) in [7, 11) is 1.43. The van der Waals surface area contributed by atoms with E-state index in [-0.39, 0.29) is 12.0 Å². The third-order valence-electron chi connectivity index (χ3n) is 2.02. The number of hydrogen-bond acceptors (Lipinski definition) is 2. The fraction of sp³-hybridized carbons (Fsp3) is 0.500. The van der Waals surface area contributed by atoms with Crippen LogP contribution in [0.4, 0.5) is 0 Å². The number of hydrogen-bond donors (Lipinski definition) is 0. The molecule has 0 radical (unpaired) electrons. The lowest BCUT2D eigenvalue weighted by atomic mass is 10.1. The fourth-order valence-electron chi connectivity index (χ4n) is 1.35. The highest BCUT2D eigenvalue weighted by Gasteiger charge is 2.18. The minimum atomic E-state index is -0.168. The zero-order valence-electron chi connectivity index (χ0n) is 8.06. The van der Waals surface area contributed by atoms with Crippen molar-refractivity contribution in [3.05, 3.63) is 24.5 Å². The molecule has 0 spiro atoms. The fourth-order valence-corrected chi connectivity index (χ4v) is 1.35. The van der Waals surface area contributed by atoms with Gasteiger partial charge >= 0.3 is 5.97 Å². The van der Waals surface area contributed by atoms with Gasteiger partial charge in [0.05, 0.1) is 7.11 Å². The molecule has 1 heterocycles. The van der Waals surface area contributed by atoms with Crippen LogP contribution in [0.25, 0.3) is 0 Å². The van der Waals surface area contributed by atoms with E-state index in [0.717, 1.165) is 12.8 Å². The number of carbonyl (C=O) groups is 1. The highest BCUT2D eigenvalue weighted by atomic mass is 16.5. The van der Waals surface area contributed by atoms with Crippen LogP contribution in [0.1, 0.15) is 25.8 Å². The molecule has 0 saturated heterocycles. The van der Waals surface area contributed by atoms with Crippen LogP contribution in [-0.2, 0) is 9.53 Å². The van der Waals surface area contributed by atoms with E-state index < -0.39 is 0 Å². The average Bonchev–Trinajstić information content (AvgIpc) is 2.65. The van der Waals surface area contributed by atoms with Gasteiger partial charge < -0.3 is 9.30 Å². The Kier molecular flexibility index (Phi) is 3.55. The Bertz CT molecular complexity index is 254. The van der Waals surface area contributed by atoms with Gasteiger partial charge in [-0.25, -0.2) is 4.79 Å². The number of methoxy groups -OCH3 is 1. The second-order valence-corrected chi connectivity index (χ2v) is 2.96. The molecule has 1 aromatic heterocycles. The Hall–Kier alpha value is -1.25. The average molecular weight is 181 g/mol. The van der Waals surface area contributed by atoms with Crippen molar-refractivity contribution in [3.8, 4) is 0 Å². The van der Waals surface area contributed by atoms with Crippen LogP contribution in [0.5, 0.6) is 0 Å². The van der Waals surface area contributed by atoms with Crippen molar-refractivity contribution in [3.63, 3.8) is 0 Å². The summed E-state index contributed by atoms with van der Waals surface area (Å²) in [5.41, 5.74) is 0. The van der Waals surface area contributed by atoms with Gasteiger partial charge in [-0.3, -0.25) is 0 Å². The second kappa shape index (κ2) is 4.70. The van der Waals surface area contributed by atoms with Crippen LogP contribution in [0.15, 0.2) is 24.5 Å². The molecule has 0 amide bonds. The van der Waals surface area contributed by atoms with Crippen LogP contribution >= 0.6 is 0 Å². The molecule has 0 aliphatic carbocycles. The molecule has 3 nitrogen and oxygen atoms in total. The quantitative estimate of drug-likeness (QED) is 0.665. The molecular weight excluding hydrogens is 166 g/mol. The van der Waals surface area contributed by atoms with E-state index in [1.807, 2.05) is 29.1 Å². The first-order chi connectivity index (χ1) is 6.29. The zero-order chi connectivity index (χ0) is 9.68. The van der Waals surface area contributed by atoms with Crippen LogP contribution in [0.3, 0.4) is 0 Å². The molecule has 72 valence electrons. The predicted octanol–water partition coefficient (Wildman–Crippen LogP) is 2.00. The van der Waals surface area contributed by atoms with E-state index in [0.29, 0.717) is 0 Å². The molecule has 0 aromatic carbocycles. The summed E-state index contributed by atoms with van der Waals surface area (Å²) in [5.74, 6) is -0.168. The SMILES string of the molecule is CCCC(C(=O)OC)n1cccc1. The number of esters is 1. The van der Waals surface area contributed by atoms with E-state index in [1.54, 1.807) is 0 Å². The van der Waals surface area contributed by atoms with E-state index in [2.05, 4.69) is 6.92 Å². The summed E-state index contributed by atoms with van der Waals surface area (Å²) in [4.78, 5) is 11.4. The maximum Gasteiger partial charge on any atom is 0.328 e. The molecule has 1 rings (SSSR count). The van der Waals surface area contributed by atoms with E-state index in [4.69, 9.17) is 4.74 Å². The van der Waals surface area contributed by atoms with Crippen LogP contribution < -0.4 is 0 Å². The molecule has 1 aromatic rings. The minimum Gasteiger partial charge on any atom is -0.467 e. The van der Waals surface area contributed by atoms with Gasteiger partial charge in [-0.2, -0.15) is 0 Å². The molecule has 0 aliphatic heterocycles. The van der Waals surface area contributed by atoms with Gasteiger partial charge in [0, 0.05) is 12.4 Å². The monoisotopic (exact) mass is 181 g/mol. The van der Waals surface area contributed by atoms with E-state index in [1.165, 1.54) is 7.11 Å². The molecule has 0 saturated carbocycles. The van der Waals surface area contributed by atoms with Crippen LogP contribution in [0, 0.1) is 0 Å². The number of aromatic nitrogens is 1. The van der Waals surface area contributed by atoms with Crippen LogP contribution in [-0.4, -0.2) is 17.6 Å². The summed E-state index contributed by atoms with van der Waals surface area (Å²) in [6.45, 7) is 2.06. The summed E-state index contributed by atoms with van der Waals surface area (Å²) in [5, 5.41) is 0. The summed E-state index contributed by atoms with van der Waals surface area (Å²) in [6.07, 6.45) is 5.56. The Labute approximate surface area is 78.3 Å². The van der Waals surface area contributed by atoms with E-state index >= 15 is 0 Å². The molecule has 0 bridgehead atoms. The maximum atomic E-state index is 11.4. The third kappa shape index (κ3) is 2.34. The van der Waals surface area contributed by atoms with Gasteiger partial charge in [-0.15, -0.1) is 0 Å². The molecule has 1 unspecified atom stereocenters.